The van der Waals surface area contributed by atoms with Crippen molar-refractivity contribution in [2.24, 2.45) is 0 Å². The maximum Gasteiger partial charge on any atom is 0.262 e. The summed E-state index contributed by atoms with van der Waals surface area (Å²) in [5.41, 5.74) is 1.13. The second-order valence-electron chi connectivity index (χ2n) is 4.92. The van der Waals surface area contributed by atoms with Crippen molar-refractivity contribution in [2.75, 3.05) is 11.9 Å². The molecule has 0 saturated carbocycles. The van der Waals surface area contributed by atoms with Gasteiger partial charge in [0.15, 0.2) is 24.0 Å². The van der Waals surface area contributed by atoms with Crippen LogP contribution in [0.2, 0.25) is 0 Å². The third kappa shape index (κ3) is 3.26. The van der Waals surface area contributed by atoms with Crippen LogP contribution < -0.4 is 10.1 Å². The number of hydrogen-bond donors (Lipinski definition) is 1. The predicted molar refractivity (Wildman–Crippen MR) is 80.3 cm³/mol. The summed E-state index contributed by atoms with van der Waals surface area (Å²) >= 11 is 0. The molecule has 0 saturated heterocycles. The lowest BCUT2D eigenvalue weighted by molar-refractivity contribution is -0.118. The fourth-order valence-corrected chi connectivity index (χ4v) is 2.12. The third-order valence-electron chi connectivity index (χ3n) is 3.27. The van der Waals surface area contributed by atoms with Crippen molar-refractivity contribution in [3.05, 3.63) is 65.2 Å². The summed E-state index contributed by atoms with van der Waals surface area (Å²) in [6.07, 6.45) is 2.64. The molecule has 1 aliphatic heterocycles. The Balaban J connectivity index is 1.80. The van der Waals surface area contributed by atoms with E-state index in [0.717, 1.165) is 12.1 Å². The van der Waals surface area contributed by atoms with E-state index in [4.69, 9.17) is 4.74 Å². The number of anilines is 1. The van der Waals surface area contributed by atoms with Gasteiger partial charge in [-0.05, 0) is 42.0 Å². The molecule has 0 spiro atoms. The van der Waals surface area contributed by atoms with Gasteiger partial charge >= 0.3 is 0 Å². The SMILES string of the molecule is O=C1COc2ccc(C(=O)/C=C/c3ccc(F)c(F)c3)cc2N1. The zero-order chi connectivity index (χ0) is 16.4. The lowest BCUT2D eigenvalue weighted by Gasteiger charge is -2.17. The van der Waals surface area contributed by atoms with E-state index in [0.29, 0.717) is 22.6 Å². The Morgan fingerprint density at radius 2 is 1.96 bits per heavy atom. The van der Waals surface area contributed by atoms with Gasteiger partial charge in [-0.15, -0.1) is 0 Å². The standard InChI is InChI=1S/C17H11F2NO3/c18-12-4-1-10(7-13(12)19)2-5-15(21)11-3-6-16-14(8-11)20-17(22)9-23-16/h1-8H,9H2,(H,20,22)/b5-2+. The van der Waals surface area contributed by atoms with E-state index in [2.05, 4.69) is 5.32 Å². The molecule has 1 N–H and O–H groups in total. The molecule has 0 unspecified atom stereocenters. The largest absolute Gasteiger partial charge is 0.482 e. The molecule has 4 nitrogen and oxygen atoms in total. The van der Waals surface area contributed by atoms with Crippen LogP contribution in [0, 0.1) is 11.6 Å². The number of amides is 1. The normalized spacial score (nSPS) is 13.4. The van der Waals surface area contributed by atoms with Gasteiger partial charge in [0.1, 0.15) is 5.75 Å². The van der Waals surface area contributed by atoms with Gasteiger partial charge in [0.05, 0.1) is 5.69 Å². The van der Waals surface area contributed by atoms with Gasteiger partial charge in [-0.1, -0.05) is 12.1 Å². The molecule has 23 heavy (non-hydrogen) atoms. The monoisotopic (exact) mass is 315 g/mol. The lowest BCUT2D eigenvalue weighted by atomic mass is 10.1. The summed E-state index contributed by atoms with van der Waals surface area (Å²) in [7, 11) is 0. The number of fused-ring (bicyclic) bond motifs is 1. The van der Waals surface area contributed by atoms with Crippen LogP contribution in [0.4, 0.5) is 14.5 Å². The topological polar surface area (TPSA) is 55.4 Å². The first-order valence-corrected chi connectivity index (χ1v) is 6.77. The molecule has 1 heterocycles. The van der Waals surface area contributed by atoms with Crippen LogP contribution >= 0.6 is 0 Å². The molecule has 2 aromatic rings. The number of carbonyl (C=O) groups excluding carboxylic acids is 2. The van der Waals surface area contributed by atoms with E-state index in [-0.39, 0.29) is 18.3 Å². The maximum atomic E-state index is 13.1. The van der Waals surface area contributed by atoms with Gasteiger partial charge in [0.2, 0.25) is 0 Å². The first kappa shape index (κ1) is 14.9. The van der Waals surface area contributed by atoms with Crippen molar-refractivity contribution in [1.29, 1.82) is 0 Å². The first-order valence-electron chi connectivity index (χ1n) is 6.77. The molecular weight excluding hydrogens is 304 g/mol. The Labute approximate surface area is 130 Å². The summed E-state index contributed by atoms with van der Waals surface area (Å²) < 4.78 is 31.2. The molecule has 2 aromatic carbocycles. The number of rotatable bonds is 3. The van der Waals surface area contributed by atoms with Crippen molar-refractivity contribution in [2.45, 2.75) is 0 Å². The molecule has 0 fully saturated rings. The van der Waals surface area contributed by atoms with Gasteiger partial charge in [-0.2, -0.15) is 0 Å². The van der Waals surface area contributed by atoms with Crippen molar-refractivity contribution in [3.63, 3.8) is 0 Å². The highest BCUT2D eigenvalue weighted by atomic mass is 19.2. The van der Waals surface area contributed by atoms with E-state index in [1.54, 1.807) is 12.1 Å². The molecule has 6 heteroatoms. The van der Waals surface area contributed by atoms with Gasteiger partial charge in [-0.25, -0.2) is 8.78 Å². The van der Waals surface area contributed by atoms with Gasteiger partial charge in [-0.3, -0.25) is 9.59 Å². The van der Waals surface area contributed by atoms with Crippen LogP contribution in [0.15, 0.2) is 42.5 Å². The van der Waals surface area contributed by atoms with Crippen LogP contribution in [-0.2, 0) is 4.79 Å². The molecule has 0 bridgehead atoms. The van der Waals surface area contributed by atoms with Crippen molar-refractivity contribution in [3.8, 4) is 5.75 Å². The molecule has 116 valence electrons. The number of halogens is 2. The Bertz CT molecular complexity index is 831. The van der Waals surface area contributed by atoms with E-state index in [1.165, 1.54) is 24.3 Å². The number of hydrogen-bond acceptors (Lipinski definition) is 3. The molecular formula is C17H11F2NO3. The van der Waals surface area contributed by atoms with Crippen LogP contribution in [0.25, 0.3) is 6.08 Å². The van der Waals surface area contributed by atoms with Crippen LogP contribution in [0.5, 0.6) is 5.75 Å². The quantitative estimate of drug-likeness (QED) is 0.699. The number of ether oxygens (including phenoxy) is 1. The first-order chi connectivity index (χ1) is 11.0. The Hall–Kier alpha value is -3.02. The Morgan fingerprint density at radius 1 is 1.13 bits per heavy atom. The summed E-state index contributed by atoms with van der Waals surface area (Å²) in [6.45, 7) is -0.0592. The lowest BCUT2D eigenvalue weighted by Crippen LogP contribution is -2.25. The number of nitrogens with one attached hydrogen (secondary N) is 1. The van der Waals surface area contributed by atoms with Gasteiger partial charge < -0.3 is 10.1 Å². The summed E-state index contributed by atoms with van der Waals surface area (Å²) in [5, 5.41) is 2.61. The second-order valence-corrected chi connectivity index (χ2v) is 4.92. The average Bonchev–Trinajstić information content (AvgIpc) is 2.55. The molecule has 1 amide bonds. The second kappa shape index (κ2) is 6.00. The highest BCUT2D eigenvalue weighted by molar-refractivity contribution is 6.08. The summed E-state index contributed by atoms with van der Waals surface area (Å²) in [4.78, 5) is 23.4. The van der Waals surface area contributed by atoms with Crippen molar-refractivity contribution in [1.82, 2.24) is 0 Å². The zero-order valence-electron chi connectivity index (χ0n) is 11.8. The average molecular weight is 315 g/mol. The molecule has 0 atom stereocenters. The van der Waals surface area contributed by atoms with E-state index < -0.39 is 11.6 Å². The molecule has 3 rings (SSSR count). The number of allylic oxidation sites excluding steroid dienone is 1. The maximum absolute atomic E-state index is 13.1. The van der Waals surface area contributed by atoms with E-state index in [9.17, 15) is 18.4 Å². The minimum Gasteiger partial charge on any atom is -0.482 e. The molecule has 0 radical (unpaired) electrons. The minimum absolute atomic E-state index is 0.0592. The fourth-order valence-electron chi connectivity index (χ4n) is 2.12. The van der Waals surface area contributed by atoms with Crippen LogP contribution in [-0.4, -0.2) is 18.3 Å². The van der Waals surface area contributed by atoms with E-state index >= 15 is 0 Å². The highest BCUT2D eigenvalue weighted by Crippen LogP contribution is 2.28. The Morgan fingerprint density at radius 3 is 2.74 bits per heavy atom. The van der Waals surface area contributed by atoms with Crippen LogP contribution in [0.1, 0.15) is 15.9 Å². The van der Waals surface area contributed by atoms with Crippen molar-refractivity contribution >= 4 is 23.5 Å². The molecule has 1 aliphatic rings. The molecule has 0 aliphatic carbocycles. The minimum atomic E-state index is -0.978. The zero-order valence-corrected chi connectivity index (χ0v) is 11.8. The smallest absolute Gasteiger partial charge is 0.262 e. The summed E-state index contributed by atoms with van der Waals surface area (Å²) in [5.74, 6) is -2.06. The number of benzene rings is 2. The van der Waals surface area contributed by atoms with Gasteiger partial charge in [0, 0.05) is 5.56 Å². The number of carbonyl (C=O) groups is 2. The number of ketones is 1. The highest BCUT2D eigenvalue weighted by Gasteiger charge is 2.17. The van der Waals surface area contributed by atoms with Gasteiger partial charge in [0.25, 0.3) is 5.91 Å². The summed E-state index contributed by atoms with van der Waals surface area (Å²) in [6, 6.07) is 8.01. The fraction of sp³-hybridized carbons (Fsp3) is 0.0588. The Kier molecular flexibility index (Phi) is 3.89. The molecule has 0 aromatic heterocycles. The predicted octanol–water partition coefficient (Wildman–Crippen LogP) is 3.19. The van der Waals surface area contributed by atoms with Crippen LogP contribution in [0.3, 0.4) is 0 Å². The van der Waals surface area contributed by atoms with E-state index in [1.807, 2.05) is 0 Å². The third-order valence-corrected chi connectivity index (χ3v) is 3.27. The van der Waals surface area contributed by atoms with Crippen molar-refractivity contribution < 1.29 is 23.1 Å².